The van der Waals surface area contributed by atoms with Gasteiger partial charge in [-0.25, -0.2) is 4.79 Å². The highest BCUT2D eigenvalue weighted by molar-refractivity contribution is 5.88. The van der Waals surface area contributed by atoms with Crippen LogP contribution in [0.15, 0.2) is 29.1 Å². The second-order valence-corrected chi connectivity index (χ2v) is 2.93. The van der Waals surface area contributed by atoms with Crippen molar-refractivity contribution in [1.82, 2.24) is 0 Å². The second-order valence-electron chi connectivity index (χ2n) is 2.93. The topological polar surface area (TPSA) is 48.7 Å². The average molecular weight is 194 g/mol. The highest BCUT2D eigenvalue weighted by atomic mass is 16.5. The normalized spacial score (nSPS) is 19.4. The standard InChI is InChI=1S/C10H10O4/c1-12-10(11)9-7(4-6-14-9)8-3-2-5-13-8/h2,4-6,8H,3H2,1H3. The minimum Gasteiger partial charge on any atom is -0.493 e. The van der Waals surface area contributed by atoms with E-state index in [1.807, 2.05) is 6.08 Å². The lowest BCUT2D eigenvalue weighted by atomic mass is 10.1. The molecular weight excluding hydrogens is 184 g/mol. The van der Waals surface area contributed by atoms with E-state index >= 15 is 0 Å². The molecule has 14 heavy (non-hydrogen) atoms. The van der Waals surface area contributed by atoms with Crippen molar-refractivity contribution >= 4 is 5.97 Å². The van der Waals surface area contributed by atoms with Crippen molar-refractivity contribution in [1.29, 1.82) is 0 Å². The zero-order valence-corrected chi connectivity index (χ0v) is 7.73. The van der Waals surface area contributed by atoms with Gasteiger partial charge in [0.05, 0.1) is 19.6 Å². The van der Waals surface area contributed by atoms with Crippen molar-refractivity contribution in [2.75, 3.05) is 7.11 Å². The minimum absolute atomic E-state index is 0.122. The molecule has 0 bridgehead atoms. The molecule has 4 nitrogen and oxygen atoms in total. The summed E-state index contributed by atoms with van der Waals surface area (Å²) in [7, 11) is 1.32. The molecule has 0 fully saturated rings. The largest absolute Gasteiger partial charge is 0.493 e. The zero-order valence-electron chi connectivity index (χ0n) is 7.73. The van der Waals surface area contributed by atoms with Crippen LogP contribution in [0.5, 0.6) is 0 Å². The van der Waals surface area contributed by atoms with Crippen molar-refractivity contribution < 1.29 is 18.7 Å². The van der Waals surface area contributed by atoms with Crippen LogP contribution in [0.25, 0.3) is 0 Å². The van der Waals surface area contributed by atoms with E-state index in [0.717, 1.165) is 12.0 Å². The Morgan fingerprint density at radius 3 is 3.14 bits per heavy atom. The summed E-state index contributed by atoms with van der Waals surface area (Å²) in [4.78, 5) is 11.3. The maximum absolute atomic E-state index is 11.3. The molecular formula is C10H10O4. The first kappa shape index (κ1) is 8.87. The number of carbonyl (C=O) groups excluding carboxylic acids is 1. The quantitative estimate of drug-likeness (QED) is 0.676. The van der Waals surface area contributed by atoms with E-state index in [-0.39, 0.29) is 11.9 Å². The van der Waals surface area contributed by atoms with Crippen LogP contribution in [0.1, 0.15) is 28.6 Å². The van der Waals surface area contributed by atoms with Gasteiger partial charge in [-0.15, -0.1) is 0 Å². The van der Waals surface area contributed by atoms with E-state index in [9.17, 15) is 4.79 Å². The summed E-state index contributed by atoms with van der Waals surface area (Å²) >= 11 is 0. The number of methoxy groups -OCH3 is 1. The fourth-order valence-corrected chi connectivity index (χ4v) is 1.42. The number of hydrogen-bond acceptors (Lipinski definition) is 4. The average Bonchev–Trinajstić information content (AvgIpc) is 2.85. The molecule has 0 spiro atoms. The molecule has 0 saturated carbocycles. The lowest BCUT2D eigenvalue weighted by Crippen LogP contribution is -2.06. The van der Waals surface area contributed by atoms with E-state index in [0.29, 0.717) is 0 Å². The van der Waals surface area contributed by atoms with E-state index in [1.54, 1.807) is 12.3 Å². The Kier molecular flexibility index (Phi) is 2.26. The molecule has 2 heterocycles. The van der Waals surface area contributed by atoms with Crippen LogP contribution in [0.2, 0.25) is 0 Å². The Bertz CT molecular complexity index is 356. The number of hydrogen-bond donors (Lipinski definition) is 0. The van der Waals surface area contributed by atoms with Gasteiger partial charge < -0.3 is 13.9 Å². The first-order valence-electron chi connectivity index (χ1n) is 4.29. The molecule has 2 rings (SSSR count). The molecule has 0 amide bonds. The minimum atomic E-state index is -0.472. The molecule has 0 saturated heterocycles. The van der Waals surface area contributed by atoms with Gasteiger partial charge in [0, 0.05) is 12.0 Å². The lowest BCUT2D eigenvalue weighted by molar-refractivity contribution is 0.0555. The predicted octanol–water partition coefficient (Wildman–Crippen LogP) is 2.04. The molecule has 0 N–H and O–H groups in total. The Morgan fingerprint density at radius 2 is 2.50 bits per heavy atom. The summed E-state index contributed by atoms with van der Waals surface area (Å²) in [5.41, 5.74) is 0.738. The van der Waals surface area contributed by atoms with Crippen LogP contribution < -0.4 is 0 Å². The maximum Gasteiger partial charge on any atom is 0.374 e. The summed E-state index contributed by atoms with van der Waals surface area (Å²) in [6.07, 6.45) is 5.62. The van der Waals surface area contributed by atoms with Crippen molar-refractivity contribution in [3.05, 3.63) is 36.0 Å². The van der Waals surface area contributed by atoms with Crippen molar-refractivity contribution in [3.63, 3.8) is 0 Å². The van der Waals surface area contributed by atoms with Gasteiger partial charge in [-0.3, -0.25) is 0 Å². The zero-order chi connectivity index (χ0) is 9.97. The van der Waals surface area contributed by atoms with Crippen LogP contribution in [-0.4, -0.2) is 13.1 Å². The molecule has 0 aromatic carbocycles. The summed E-state index contributed by atoms with van der Waals surface area (Å²) < 4.78 is 14.9. The van der Waals surface area contributed by atoms with Crippen LogP contribution >= 0.6 is 0 Å². The predicted molar refractivity (Wildman–Crippen MR) is 47.6 cm³/mol. The third-order valence-corrected chi connectivity index (χ3v) is 2.10. The summed E-state index contributed by atoms with van der Waals surface area (Å²) in [6, 6.07) is 1.73. The molecule has 1 aliphatic heterocycles. The third kappa shape index (κ3) is 1.39. The fourth-order valence-electron chi connectivity index (χ4n) is 1.42. The SMILES string of the molecule is COC(=O)c1occc1C1CC=CO1. The monoisotopic (exact) mass is 194 g/mol. The van der Waals surface area contributed by atoms with E-state index in [1.165, 1.54) is 13.4 Å². The molecule has 74 valence electrons. The number of ether oxygens (including phenoxy) is 2. The molecule has 0 radical (unpaired) electrons. The smallest absolute Gasteiger partial charge is 0.374 e. The van der Waals surface area contributed by atoms with Gasteiger partial charge in [0.15, 0.2) is 0 Å². The van der Waals surface area contributed by atoms with Gasteiger partial charge in [0.1, 0.15) is 6.10 Å². The maximum atomic E-state index is 11.3. The van der Waals surface area contributed by atoms with Gasteiger partial charge in [0.25, 0.3) is 0 Å². The van der Waals surface area contributed by atoms with Gasteiger partial charge in [-0.05, 0) is 12.1 Å². The number of esters is 1. The molecule has 1 atom stereocenters. The highest BCUT2D eigenvalue weighted by Crippen LogP contribution is 2.30. The summed E-state index contributed by atoms with van der Waals surface area (Å²) in [5, 5.41) is 0. The Balaban J connectivity index is 2.25. The van der Waals surface area contributed by atoms with Crippen LogP contribution in [0.3, 0.4) is 0 Å². The van der Waals surface area contributed by atoms with Gasteiger partial charge in [-0.2, -0.15) is 0 Å². The van der Waals surface area contributed by atoms with Crippen molar-refractivity contribution in [2.45, 2.75) is 12.5 Å². The Labute approximate surface area is 81.1 Å². The molecule has 1 aromatic rings. The van der Waals surface area contributed by atoms with Crippen molar-refractivity contribution in [2.24, 2.45) is 0 Å². The van der Waals surface area contributed by atoms with Gasteiger partial charge >= 0.3 is 5.97 Å². The number of rotatable bonds is 2. The molecule has 1 aliphatic rings. The van der Waals surface area contributed by atoms with Crippen molar-refractivity contribution in [3.8, 4) is 0 Å². The highest BCUT2D eigenvalue weighted by Gasteiger charge is 2.24. The molecule has 1 unspecified atom stereocenters. The molecule has 0 aliphatic carbocycles. The number of furan rings is 1. The Morgan fingerprint density at radius 1 is 1.64 bits per heavy atom. The number of carbonyl (C=O) groups is 1. The lowest BCUT2D eigenvalue weighted by Gasteiger charge is -2.08. The van der Waals surface area contributed by atoms with E-state index < -0.39 is 5.97 Å². The van der Waals surface area contributed by atoms with Gasteiger partial charge in [0.2, 0.25) is 5.76 Å². The van der Waals surface area contributed by atoms with Gasteiger partial charge in [-0.1, -0.05) is 0 Å². The molecule has 4 heteroatoms. The first-order valence-corrected chi connectivity index (χ1v) is 4.29. The first-order chi connectivity index (χ1) is 6.83. The summed E-state index contributed by atoms with van der Waals surface area (Å²) in [5.74, 6) is -0.248. The van der Waals surface area contributed by atoms with Crippen LogP contribution in [0.4, 0.5) is 0 Å². The Hall–Kier alpha value is -1.71. The molecule has 1 aromatic heterocycles. The third-order valence-electron chi connectivity index (χ3n) is 2.10. The van der Waals surface area contributed by atoms with E-state index in [4.69, 9.17) is 9.15 Å². The van der Waals surface area contributed by atoms with E-state index in [2.05, 4.69) is 4.74 Å². The fraction of sp³-hybridized carbons (Fsp3) is 0.300. The van der Waals surface area contributed by atoms with Crippen LogP contribution in [0, 0.1) is 0 Å². The second kappa shape index (κ2) is 3.57. The van der Waals surface area contributed by atoms with Crippen LogP contribution in [-0.2, 0) is 9.47 Å². The summed E-state index contributed by atoms with van der Waals surface area (Å²) in [6.45, 7) is 0.